The van der Waals surface area contributed by atoms with Gasteiger partial charge in [0, 0.05) is 18.8 Å². The standard InChI is InChI=1S/C34H40N6O6/c1-5-18-37(21-39-26-11-9-8-10-25(26)35-36-39)33(44)30-34-17-16-27(46-34)28(29(34)32(43)40(30)22(4)20-41)31(42)38(19-6-2)23-12-14-24(15-13-23)45-7-3/h5-6,8-15,22,27-30,41H,1-2,7,16-21H2,3-4H3/t22-,27-,28+,29+,30?,34?/m1/s1. The van der Waals surface area contributed by atoms with Gasteiger partial charge in [0.1, 0.15) is 29.6 Å². The van der Waals surface area contributed by atoms with Crippen LogP contribution >= 0.6 is 0 Å². The molecule has 242 valence electrons. The molecule has 1 N–H and O–H groups in total. The maximum absolute atomic E-state index is 14.7. The van der Waals surface area contributed by atoms with Gasteiger partial charge in [-0.1, -0.05) is 29.5 Å². The highest BCUT2D eigenvalue weighted by Crippen LogP contribution is 2.59. The third-order valence-electron chi connectivity index (χ3n) is 9.42. The summed E-state index contributed by atoms with van der Waals surface area (Å²) in [6.07, 6.45) is 3.67. The van der Waals surface area contributed by atoms with E-state index in [9.17, 15) is 19.5 Å². The first-order valence-electron chi connectivity index (χ1n) is 15.7. The van der Waals surface area contributed by atoms with Gasteiger partial charge in [0.2, 0.25) is 17.7 Å². The normalized spacial score (nSPS) is 25.4. The zero-order valence-electron chi connectivity index (χ0n) is 26.2. The molecule has 2 bridgehead atoms. The Balaban J connectivity index is 1.35. The SMILES string of the molecule is C=CCN(Cn1nnc2ccccc21)C(=O)C1N([C@H](C)CO)C(=O)[C@@H]2[C@@H](C(=O)N(CC=C)c3ccc(OCC)cc3)[C@H]3CCC12O3. The van der Waals surface area contributed by atoms with Gasteiger partial charge in [0.05, 0.1) is 42.7 Å². The monoisotopic (exact) mass is 628 g/mol. The third-order valence-corrected chi connectivity index (χ3v) is 9.42. The van der Waals surface area contributed by atoms with Crippen LogP contribution in [0.3, 0.4) is 0 Å². The average molecular weight is 629 g/mol. The van der Waals surface area contributed by atoms with Crippen LogP contribution in [0.15, 0.2) is 73.8 Å². The van der Waals surface area contributed by atoms with E-state index in [1.54, 1.807) is 57.8 Å². The van der Waals surface area contributed by atoms with E-state index in [4.69, 9.17) is 9.47 Å². The number of hydrogen-bond donors (Lipinski definition) is 1. The predicted octanol–water partition coefficient (Wildman–Crippen LogP) is 2.78. The molecule has 1 aromatic heterocycles. The number of ether oxygens (including phenoxy) is 2. The molecule has 1 spiro atoms. The summed E-state index contributed by atoms with van der Waals surface area (Å²) >= 11 is 0. The first-order chi connectivity index (χ1) is 22.3. The largest absolute Gasteiger partial charge is 0.494 e. The Morgan fingerprint density at radius 2 is 1.89 bits per heavy atom. The fourth-order valence-electron chi connectivity index (χ4n) is 7.46. The number of anilines is 1. The molecule has 2 aromatic carbocycles. The lowest BCUT2D eigenvalue weighted by Gasteiger charge is -2.38. The smallest absolute Gasteiger partial charge is 0.250 e. The fraction of sp³-hybridized carbons (Fsp3) is 0.441. The predicted molar refractivity (Wildman–Crippen MR) is 171 cm³/mol. The Bertz CT molecular complexity index is 1640. The minimum absolute atomic E-state index is 0.0643. The topological polar surface area (TPSA) is 130 Å². The summed E-state index contributed by atoms with van der Waals surface area (Å²) in [5, 5.41) is 18.7. The van der Waals surface area contributed by atoms with E-state index in [2.05, 4.69) is 23.5 Å². The summed E-state index contributed by atoms with van der Waals surface area (Å²) in [5.74, 6) is -2.02. The van der Waals surface area contributed by atoms with Crippen molar-refractivity contribution in [2.45, 2.75) is 57.1 Å². The van der Waals surface area contributed by atoms with Crippen LogP contribution < -0.4 is 9.64 Å². The van der Waals surface area contributed by atoms with E-state index >= 15 is 0 Å². The number of para-hydroxylation sites is 1. The van der Waals surface area contributed by atoms with Crippen molar-refractivity contribution in [2.24, 2.45) is 11.8 Å². The van der Waals surface area contributed by atoms with Crippen LogP contribution in [0.25, 0.3) is 11.0 Å². The number of amides is 3. The molecule has 6 atom stereocenters. The highest BCUT2D eigenvalue weighted by Gasteiger charge is 2.75. The van der Waals surface area contributed by atoms with E-state index in [0.717, 1.165) is 5.52 Å². The van der Waals surface area contributed by atoms with E-state index in [1.807, 2.05) is 31.2 Å². The Kier molecular flexibility index (Phi) is 8.67. The Hall–Kier alpha value is -4.55. The first-order valence-corrected chi connectivity index (χ1v) is 15.7. The Morgan fingerprint density at radius 1 is 1.15 bits per heavy atom. The second-order valence-corrected chi connectivity index (χ2v) is 12.1. The number of benzene rings is 2. The molecule has 2 unspecified atom stereocenters. The molecule has 0 aliphatic carbocycles. The van der Waals surface area contributed by atoms with E-state index in [1.165, 1.54) is 4.90 Å². The zero-order valence-corrected chi connectivity index (χ0v) is 26.2. The van der Waals surface area contributed by atoms with Gasteiger partial charge in [-0.2, -0.15) is 0 Å². The van der Waals surface area contributed by atoms with Crippen molar-refractivity contribution in [3.8, 4) is 5.75 Å². The van der Waals surface area contributed by atoms with Crippen LogP contribution in [0.2, 0.25) is 0 Å². The number of rotatable bonds is 13. The molecule has 0 saturated carbocycles. The maximum Gasteiger partial charge on any atom is 0.250 e. The molecule has 12 nitrogen and oxygen atoms in total. The van der Waals surface area contributed by atoms with Gasteiger partial charge in [-0.15, -0.1) is 18.3 Å². The lowest BCUT2D eigenvalue weighted by Crippen LogP contribution is -2.58. The van der Waals surface area contributed by atoms with Crippen LogP contribution in [-0.2, 0) is 25.8 Å². The zero-order chi connectivity index (χ0) is 32.6. The third kappa shape index (κ3) is 5.05. The second-order valence-electron chi connectivity index (χ2n) is 12.1. The average Bonchev–Trinajstić information content (AvgIpc) is 3.82. The molecular weight excluding hydrogens is 588 g/mol. The van der Waals surface area contributed by atoms with Crippen molar-refractivity contribution >= 4 is 34.4 Å². The number of hydrogen-bond acceptors (Lipinski definition) is 8. The second kappa shape index (κ2) is 12.7. The summed E-state index contributed by atoms with van der Waals surface area (Å²) in [6.45, 7) is 11.9. The molecule has 3 saturated heterocycles. The van der Waals surface area contributed by atoms with Gasteiger partial charge in [-0.05, 0) is 63.1 Å². The maximum atomic E-state index is 14.7. The molecule has 3 aliphatic rings. The molecular formula is C34H40N6O6. The van der Waals surface area contributed by atoms with Crippen LogP contribution in [0.5, 0.6) is 5.75 Å². The summed E-state index contributed by atoms with van der Waals surface area (Å²) in [6, 6.07) is 12.9. The summed E-state index contributed by atoms with van der Waals surface area (Å²) in [7, 11) is 0. The molecule has 0 radical (unpaired) electrons. The van der Waals surface area contributed by atoms with Gasteiger partial charge in [-0.25, -0.2) is 4.68 Å². The van der Waals surface area contributed by atoms with Gasteiger partial charge in [0.25, 0.3) is 0 Å². The molecule has 12 heteroatoms. The van der Waals surface area contributed by atoms with Gasteiger partial charge >= 0.3 is 0 Å². The molecule has 3 aromatic rings. The number of nitrogens with zero attached hydrogens (tertiary/aromatic N) is 6. The van der Waals surface area contributed by atoms with Crippen molar-refractivity contribution in [3.63, 3.8) is 0 Å². The number of aromatic nitrogens is 3. The van der Waals surface area contributed by atoms with E-state index in [-0.39, 0.29) is 44.1 Å². The van der Waals surface area contributed by atoms with Crippen molar-refractivity contribution < 1.29 is 29.0 Å². The Morgan fingerprint density at radius 3 is 2.59 bits per heavy atom. The summed E-state index contributed by atoms with van der Waals surface area (Å²) in [4.78, 5) is 48.1. The van der Waals surface area contributed by atoms with Gasteiger partial charge < -0.3 is 29.3 Å². The first kappa shape index (κ1) is 31.4. The molecule has 46 heavy (non-hydrogen) atoms. The van der Waals surface area contributed by atoms with Gasteiger partial charge in [-0.3, -0.25) is 14.4 Å². The Labute approximate surface area is 267 Å². The van der Waals surface area contributed by atoms with Crippen LogP contribution in [0, 0.1) is 11.8 Å². The number of carbonyl (C=O) groups excluding carboxylic acids is 3. The van der Waals surface area contributed by atoms with Gasteiger partial charge in [0.15, 0.2) is 0 Å². The van der Waals surface area contributed by atoms with Crippen LogP contribution in [0.4, 0.5) is 5.69 Å². The lowest BCUT2D eigenvalue weighted by molar-refractivity contribution is -0.151. The number of likely N-dealkylation sites (tertiary alicyclic amines) is 1. The number of aliphatic hydroxyl groups excluding tert-OH is 1. The molecule has 6 rings (SSSR count). The number of aliphatic hydroxyl groups is 1. The molecule has 3 aliphatic heterocycles. The van der Waals surface area contributed by atoms with Crippen molar-refractivity contribution in [3.05, 3.63) is 73.8 Å². The van der Waals surface area contributed by atoms with E-state index < -0.39 is 35.6 Å². The summed E-state index contributed by atoms with van der Waals surface area (Å²) in [5.41, 5.74) is 0.852. The van der Waals surface area contributed by atoms with E-state index in [0.29, 0.717) is 36.4 Å². The fourth-order valence-corrected chi connectivity index (χ4v) is 7.46. The number of carbonyl (C=O) groups is 3. The lowest BCUT2D eigenvalue weighted by atomic mass is 9.70. The highest BCUT2D eigenvalue weighted by atomic mass is 16.5. The van der Waals surface area contributed by atoms with Crippen LogP contribution in [0.1, 0.15) is 26.7 Å². The quantitative estimate of drug-likeness (QED) is 0.286. The van der Waals surface area contributed by atoms with Crippen molar-refractivity contribution in [2.75, 3.05) is 31.2 Å². The molecule has 3 fully saturated rings. The molecule has 3 amide bonds. The van der Waals surface area contributed by atoms with Crippen LogP contribution in [-0.4, -0.2) is 97.7 Å². The minimum Gasteiger partial charge on any atom is -0.494 e. The summed E-state index contributed by atoms with van der Waals surface area (Å²) < 4.78 is 13.9. The van der Waals surface area contributed by atoms with Crippen molar-refractivity contribution in [1.82, 2.24) is 24.8 Å². The molecule has 4 heterocycles. The highest BCUT2D eigenvalue weighted by molar-refractivity contribution is 6.03. The van der Waals surface area contributed by atoms with Crippen molar-refractivity contribution in [1.29, 1.82) is 0 Å². The minimum atomic E-state index is -1.23. The number of fused-ring (bicyclic) bond motifs is 2.